The lowest BCUT2D eigenvalue weighted by atomic mass is 10.1. The van der Waals surface area contributed by atoms with Crippen molar-refractivity contribution in [2.75, 3.05) is 7.11 Å². The molecule has 0 aliphatic carbocycles. The largest absolute Gasteiger partial charge is 0.381 e. The van der Waals surface area contributed by atoms with Crippen LogP contribution in [-0.2, 0) is 22.5 Å². The summed E-state index contributed by atoms with van der Waals surface area (Å²) >= 11 is 0. The number of nitrogens with zero attached hydrogens (tertiary/aromatic N) is 2. The molecule has 102 valence electrons. The van der Waals surface area contributed by atoms with Crippen LogP contribution in [0.1, 0.15) is 26.0 Å². The molecule has 2 aromatic rings. The van der Waals surface area contributed by atoms with Gasteiger partial charge in [-0.1, -0.05) is 18.2 Å². The molecular weight excluding hydrogens is 240 g/mol. The van der Waals surface area contributed by atoms with Gasteiger partial charge in [-0.2, -0.15) is 5.10 Å². The molecule has 1 atom stereocenters. The van der Waals surface area contributed by atoms with Crippen molar-refractivity contribution in [2.45, 2.75) is 39.3 Å². The van der Waals surface area contributed by atoms with Crippen LogP contribution in [0.15, 0.2) is 24.3 Å². The highest BCUT2D eigenvalue weighted by Gasteiger charge is 2.14. The van der Waals surface area contributed by atoms with Crippen molar-refractivity contribution in [1.82, 2.24) is 9.78 Å². The van der Waals surface area contributed by atoms with Gasteiger partial charge in [0.15, 0.2) is 0 Å². The third-order valence-electron chi connectivity index (χ3n) is 3.32. The topological polar surface area (TPSA) is 44.1 Å². The summed E-state index contributed by atoms with van der Waals surface area (Å²) in [7, 11) is 1.62. The Morgan fingerprint density at radius 1 is 1.42 bits per heavy atom. The summed E-state index contributed by atoms with van der Waals surface area (Å²) < 4.78 is 7.07. The molecule has 1 heterocycles. The second kappa shape index (κ2) is 5.97. The lowest BCUT2D eigenvalue weighted by Gasteiger charge is -2.07. The second-order valence-corrected chi connectivity index (χ2v) is 4.75. The summed E-state index contributed by atoms with van der Waals surface area (Å²) in [6.07, 6.45) is 0.775. The van der Waals surface area contributed by atoms with Crippen molar-refractivity contribution in [3.63, 3.8) is 0 Å². The highest BCUT2D eigenvalue weighted by atomic mass is 16.5. The first-order valence-corrected chi connectivity index (χ1v) is 6.64. The van der Waals surface area contributed by atoms with Crippen molar-refractivity contribution in [3.8, 4) is 0 Å². The second-order valence-electron chi connectivity index (χ2n) is 4.75. The normalized spacial score (nSPS) is 12.8. The van der Waals surface area contributed by atoms with E-state index in [1.165, 1.54) is 0 Å². The van der Waals surface area contributed by atoms with Gasteiger partial charge < -0.3 is 4.74 Å². The van der Waals surface area contributed by atoms with E-state index in [4.69, 9.17) is 4.74 Å². The number of para-hydroxylation sites is 1. The first-order chi connectivity index (χ1) is 9.15. The summed E-state index contributed by atoms with van der Waals surface area (Å²) in [5.74, 6) is 0.167. The first kappa shape index (κ1) is 13.7. The minimum absolute atomic E-state index is 0.0352. The van der Waals surface area contributed by atoms with Gasteiger partial charge in [0.25, 0.3) is 0 Å². The van der Waals surface area contributed by atoms with Crippen molar-refractivity contribution in [3.05, 3.63) is 30.0 Å². The fourth-order valence-corrected chi connectivity index (χ4v) is 2.23. The van der Waals surface area contributed by atoms with Gasteiger partial charge in [-0.3, -0.25) is 9.48 Å². The molecule has 0 N–H and O–H groups in total. The Balaban J connectivity index is 2.23. The molecule has 0 bridgehead atoms. The van der Waals surface area contributed by atoms with E-state index in [1.807, 2.05) is 35.9 Å². The molecule has 0 amide bonds. The van der Waals surface area contributed by atoms with Crippen molar-refractivity contribution in [2.24, 2.45) is 0 Å². The first-order valence-electron chi connectivity index (χ1n) is 6.64. The maximum Gasteiger partial charge on any atom is 0.141 e. The number of Topliss-reactive ketones (excluding diaryl/α,β-unsaturated/α-hetero) is 1. The Hall–Kier alpha value is -1.68. The third-order valence-corrected chi connectivity index (χ3v) is 3.32. The number of rotatable bonds is 6. The van der Waals surface area contributed by atoms with Crippen molar-refractivity contribution in [1.29, 1.82) is 0 Å². The Morgan fingerprint density at radius 3 is 2.84 bits per heavy atom. The number of methoxy groups -OCH3 is 1. The van der Waals surface area contributed by atoms with Crippen LogP contribution in [0.3, 0.4) is 0 Å². The van der Waals surface area contributed by atoms with Gasteiger partial charge in [-0.05, 0) is 19.9 Å². The number of aryl methyl sites for hydroxylation is 1. The fraction of sp³-hybridized carbons (Fsp3) is 0.467. The van der Waals surface area contributed by atoms with Gasteiger partial charge in [0.05, 0.1) is 23.7 Å². The van der Waals surface area contributed by atoms with E-state index in [2.05, 4.69) is 12.0 Å². The molecule has 1 aromatic carbocycles. The zero-order valence-corrected chi connectivity index (χ0v) is 11.7. The van der Waals surface area contributed by atoms with Gasteiger partial charge >= 0.3 is 0 Å². The molecule has 4 nitrogen and oxygen atoms in total. The van der Waals surface area contributed by atoms with Crippen LogP contribution >= 0.6 is 0 Å². The number of fused-ring (bicyclic) bond motifs is 1. The summed E-state index contributed by atoms with van der Waals surface area (Å²) in [6.45, 7) is 4.77. The highest BCUT2D eigenvalue weighted by Crippen LogP contribution is 2.19. The summed E-state index contributed by atoms with van der Waals surface area (Å²) in [5, 5.41) is 5.61. The number of hydrogen-bond acceptors (Lipinski definition) is 3. The SMILES string of the molecule is CCn1nc(CC(=O)CC(C)OC)c2ccccc21. The van der Waals surface area contributed by atoms with Gasteiger partial charge in [0.1, 0.15) is 5.78 Å². The smallest absolute Gasteiger partial charge is 0.141 e. The molecule has 4 heteroatoms. The van der Waals surface area contributed by atoms with Crippen LogP contribution in [0.5, 0.6) is 0 Å². The van der Waals surface area contributed by atoms with Crippen molar-refractivity contribution < 1.29 is 9.53 Å². The standard InChI is InChI=1S/C15H20N2O2/c1-4-17-15-8-6-5-7-13(15)14(16-17)10-12(18)9-11(2)19-3/h5-8,11H,4,9-10H2,1-3H3. The van der Waals surface area contributed by atoms with E-state index in [-0.39, 0.29) is 11.9 Å². The lowest BCUT2D eigenvalue weighted by Crippen LogP contribution is -2.14. The number of ketones is 1. The molecule has 0 aliphatic heterocycles. The van der Waals surface area contributed by atoms with Gasteiger partial charge in [-0.25, -0.2) is 0 Å². The molecule has 0 aliphatic rings. The maximum atomic E-state index is 12.0. The van der Waals surface area contributed by atoms with Crippen molar-refractivity contribution >= 4 is 16.7 Å². The zero-order valence-electron chi connectivity index (χ0n) is 11.7. The summed E-state index contributed by atoms with van der Waals surface area (Å²) in [4.78, 5) is 12.0. The number of carbonyl (C=O) groups is 1. The average molecular weight is 260 g/mol. The summed E-state index contributed by atoms with van der Waals surface area (Å²) in [6, 6.07) is 8.04. The predicted octanol–water partition coefficient (Wildman–Crippen LogP) is 2.59. The predicted molar refractivity (Wildman–Crippen MR) is 75.2 cm³/mol. The number of ether oxygens (including phenoxy) is 1. The van der Waals surface area contributed by atoms with E-state index >= 15 is 0 Å². The molecule has 0 saturated heterocycles. The lowest BCUT2D eigenvalue weighted by molar-refractivity contribution is -0.120. The molecule has 2 rings (SSSR count). The van der Waals surface area contributed by atoms with Gasteiger partial charge in [-0.15, -0.1) is 0 Å². The average Bonchev–Trinajstić information content (AvgIpc) is 2.77. The van der Waals surface area contributed by atoms with Crippen LogP contribution in [0.2, 0.25) is 0 Å². The quantitative estimate of drug-likeness (QED) is 0.802. The zero-order chi connectivity index (χ0) is 13.8. The highest BCUT2D eigenvalue weighted by molar-refractivity contribution is 5.88. The Kier molecular flexibility index (Phi) is 4.32. The van der Waals surface area contributed by atoms with E-state index < -0.39 is 0 Å². The Labute approximate surface area is 113 Å². The molecule has 1 unspecified atom stereocenters. The molecule has 0 radical (unpaired) electrons. The van der Waals surface area contributed by atoms with Crippen LogP contribution in [-0.4, -0.2) is 28.8 Å². The van der Waals surface area contributed by atoms with E-state index in [0.29, 0.717) is 12.8 Å². The molecule has 19 heavy (non-hydrogen) atoms. The molecule has 0 spiro atoms. The third kappa shape index (κ3) is 3.01. The van der Waals surface area contributed by atoms with E-state index in [1.54, 1.807) is 7.11 Å². The fourth-order valence-electron chi connectivity index (χ4n) is 2.23. The molecular formula is C15H20N2O2. The minimum Gasteiger partial charge on any atom is -0.381 e. The number of benzene rings is 1. The molecule has 0 fully saturated rings. The van der Waals surface area contributed by atoms with Crippen LogP contribution < -0.4 is 0 Å². The summed E-state index contributed by atoms with van der Waals surface area (Å²) in [5.41, 5.74) is 1.96. The monoisotopic (exact) mass is 260 g/mol. The van der Waals surface area contributed by atoms with Crippen LogP contribution in [0.4, 0.5) is 0 Å². The van der Waals surface area contributed by atoms with E-state index in [0.717, 1.165) is 23.1 Å². The van der Waals surface area contributed by atoms with Gasteiger partial charge in [0.2, 0.25) is 0 Å². The van der Waals surface area contributed by atoms with Crippen LogP contribution in [0.25, 0.3) is 10.9 Å². The van der Waals surface area contributed by atoms with E-state index in [9.17, 15) is 4.79 Å². The van der Waals surface area contributed by atoms with Gasteiger partial charge in [0, 0.05) is 25.5 Å². The number of carbonyl (C=O) groups excluding carboxylic acids is 1. The maximum absolute atomic E-state index is 12.0. The van der Waals surface area contributed by atoms with Crippen LogP contribution in [0, 0.1) is 0 Å². The Bertz CT molecular complexity index is 575. The minimum atomic E-state index is -0.0352. The number of hydrogen-bond donors (Lipinski definition) is 0. The molecule has 1 aromatic heterocycles. The Morgan fingerprint density at radius 2 is 2.16 bits per heavy atom. The molecule has 0 saturated carbocycles. The number of aromatic nitrogens is 2.